The van der Waals surface area contributed by atoms with Crippen LogP contribution in [0.25, 0.3) is 17.3 Å². The zero-order valence-electron chi connectivity index (χ0n) is 28.5. The maximum Gasteiger partial charge on any atom is 0.272 e. The Morgan fingerprint density at radius 3 is 2.27 bits per heavy atom. The number of carbonyl (C=O) groups is 3. The summed E-state index contributed by atoms with van der Waals surface area (Å²) < 4.78 is 21.5. The van der Waals surface area contributed by atoms with E-state index in [1.165, 1.54) is 36.3 Å². The second kappa shape index (κ2) is 17.2. The monoisotopic (exact) mass is 724 g/mol. The molecule has 0 saturated heterocycles. The van der Waals surface area contributed by atoms with Crippen molar-refractivity contribution in [3.05, 3.63) is 113 Å². The maximum absolute atomic E-state index is 13.7. The average molecular weight is 725 g/mol. The number of thiazole rings is 1. The number of nitrogens with one attached hydrogen (secondary N) is 3. The van der Waals surface area contributed by atoms with Crippen LogP contribution < -0.4 is 34.9 Å². The van der Waals surface area contributed by atoms with Gasteiger partial charge >= 0.3 is 0 Å². The number of nitrogens with zero attached hydrogens (tertiary/aromatic N) is 1. The van der Waals surface area contributed by atoms with E-state index in [0.29, 0.717) is 50.6 Å². The molecule has 0 bridgehead atoms. The molecule has 0 radical (unpaired) electrons. The summed E-state index contributed by atoms with van der Waals surface area (Å²) in [5.74, 6) is 0.980. The minimum absolute atomic E-state index is 0.00553. The Balaban J connectivity index is 1.28. The zero-order valence-corrected chi connectivity index (χ0v) is 30.1. The van der Waals surface area contributed by atoms with Crippen LogP contribution in [0.2, 0.25) is 0 Å². The van der Waals surface area contributed by atoms with Crippen molar-refractivity contribution in [2.75, 3.05) is 39.1 Å². The fourth-order valence-electron chi connectivity index (χ4n) is 4.81. The molecule has 1 unspecified atom stereocenters. The van der Waals surface area contributed by atoms with Gasteiger partial charge in [0.1, 0.15) is 17.2 Å². The predicted octanol–water partition coefficient (Wildman–Crippen LogP) is 7.37. The van der Waals surface area contributed by atoms with E-state index in [4.69, 9.17) is 18.9 Å². The molecular weight excluding hydrogens is 689 g/mol. The van der Waals surface area contributed by atoms with E-state index in [1.54, 1.807) is 101 Å². The largest absolute Gasteiger partial charge is 0.497 e. The first-order chi connectivity index (χ1) is 24.7. The third-order valence-corrected chi connectivity index (χ3v) is 9.31. The second-order valence-corrected chi connectivity index (χ2v) is 13.1. The van der Waals surface area contributed by atoms with Crippen molar-refractivity contribution in [3.8, 4) is 34.3 Å². The van der Waals surface area contributed by atoms with Gasteiger partial charge in [-0.15, -0.1) is 23.1 Å². The minimum Gasteiger partial charge on any atom is -0.497 e. The van der Waals surface area contributed by atoms with Gasteiger partial charge in [0.2, 0.25) is 5.91 Å². The van der Waals surface area contributed by atoms with Crippen molar-refractivity contribution in [1.29, 1.82) is 0 Å². The summed E-state index contributed by atoms with van der Waals surface area (Å²) in [4.78, 5) is 45.3. The summed E-state index contributed by atoms with van der Waals surface area (Å²) in [6.45, 7) is 1.79. The Morgan fingerprint density at radius 2 is 1.55 bits per heavy atom. The Kier molecular flexibility index (Phi) is 12.3. The molecule has 1 aromatic heterocycles. The van der Waals surface area contributed by atoms with Gasteiger partial charge in [-0.05, 0) is 73.7 Å². The van der Waals surface area contributed by atoms with E-state index in [1.807, 2.05) is 23.6 Å². The molecule has 3 N–H and O–H groups in total. The van der Waals surface area contributed by atoms with Crippen LogP contribution in [0.15, 0.2) is 107 Å². The summed E-state index contributed by atoms with van der Waals surface area (Å²) in [6, 6.07) is 26.3. The van der Waals surface area contributed by atoms with Crippen LogP contribution in [0, 0.1) is 0 Å². The Hall–Kier alpha value is -5.79. The van der Waals surface area contributed by atoms with Gasteiger partial charge < -0.3 is 34.9 Å². The molecule has 5 aromatic rings. The van der Waals surface area contributed by atoms with Crippen LogP contribution in [0.1, 0.15) is 22.8 Å². The van der Waals surface area contributed by atoms with Crippen molar-refractivity contribution in [2.45, 2.75) is 17.1 Å². The van der Waals surface area contributed by atoms with Crippen molar-refractivity contribution < 1.29 is 33.3 Å². The van der Waals surface area contributed by atoms with Crippen LogP contribution in [0.3, 0.4) is 0 Å². The molecule has 4 aromatic carbocycles. The molecule has 51 heavy (non-hydrogen) atoms. The molecule has 5 rings (SSSR count). The molecule has 0 fully saturated rings. The van der Waals surface area contributed by atoms with Crippen LogP contribution in [-0.4, -0.2) is 56.4 Å². The molecule has 0 aliphatic rings. The summed E-state index contributed by atoms with van der Waals surface area (Å²) in [7, 11) is 6.19. The Labute approximate surface area is 304 Å². The molecule has 1 heterocycles. The molecule has 0 saturated carbocycles. The van der Waals surface area contributed by atoms with Crippen molar-refractivity contribution in [2.24, 2.45) is 0 Å². The average Bonchev–Trinajstić information content (AvgIpc) is 3.63. The van der Waals surface area contributed by atoms with E-state index in [-0.39, 0.29) is 11.6 Å². The number of ether oxygens (including phenoxy) is 4. The first kappa shape index (κ1) is 36.5. The van der Waals surface area contributed by atoms with Gasteiger partial charge in [0, 0.05) is 38.7 Å². The van der Waals surface area contributed by atoms with Gasteiger partial charge in [-0.1, -0.05) is 24.3 Å². The molecule has 13 heteroatoms. The number of anilines is 2. The first-order valence-corrected chi connectivity index (χ1v) is 17.3. The highest BCUT2D eigenvalue weighted by atomic mass is 32.2. The number of hydrogen-bond donors (Lipinski definition) is 3. The molecular formula is C38H36N4O7S2. The van der Waals surface area contributed by atoms with Gasteiger partial charge in [0.15, 0.2) is 16.6 Å². The van der Waals surface area contributed by atoms with Gasteiger partial charge in [0.05, 0.1) is 39.4 Å². The van der Waals surface area contributed by atoms with Crippen molar-refractivity contribution in [3.63, 3.8) is 0 Å². The van der Waals surface area contributed by atoms with E-state index >= 15 is 0 Å². The van der Waals surface area contributed by atoms with Crippen LogP contribution in [0.5, 0.6) is 23.0 Å². The summed E-state index contributed by atoms with van der Waals surface area (Å²) in [5, 5.41) is 10.3. The van der Waals surface area contributed by atoms with E-state index < -0.39 is 17.1 Å². The molecule has 1 atom stereocenters. The predicted molar refractivity (Wildman–Crippen MR) is 201 cm³/mol. The molecule has 262 valence electrons. The highest BCUT2D eigenvalue weighted by Gasteiger charge is 2.19. The van der Waals surface area contributed by atoms with Gasteiger partial charge in [-0.25, -0.2) is 4.98 Å². The SMILES string of the molecule is COc1ccc(/C=C(/NC(=O)c2ccccc2)C(=O)Nc2cccc(SC(C)C(=O)Nc3nc(-c4ccc(OC)c(OC)c4)cs3)c2)c(OC)c1. The fraction of sp³-hybridized carbons (Fsp3) is 0.158. The van der Waals surface area contributed by atoms with E-state index in [9.17, 15) is 14.4 Å². The maximum atomic E-state index is 13.7. The molecule has 0 spiro atoms. The third-order valence-electron chi connectivity index (χ3n) is 7.46. The third kappa shape index (κ3) is 9.47. The molecule has 3 amide bonds. The lowest BCUT2D eigenvalue weighted by Crippen LogP contribution is -2.30. The molecule has 0 aliphatic heterocycles. The summed E-state index contributed by atoms with van der Waals surface area (Å²) in [5.41, 5.74) is 2.92. The lowest BCUT2D eigenvalue weighted by Gasteiger charge is -2.14. The summed E-state index contributed by atoms with van der Waals surface area (Å²) >= 11 is 2.64. The number of methoxy groups -OCH3 is 4. The lowest BCUT2D eigenvalue weighted by atomic mass is 10.1. The number of benzene rings is 4. The number of amides is 3. The molecule has 0 aliphatic carbocycles. The smallest absolute Gasteiger partial charge is 0.272 e. The quantitative estimate of drug-likeness (QED) is 0.0792. The van der Waals surface area contributed by atoms with Gasteiger partial charge in [0.25, 0.3) is 11.8 Å². The number of thioether (sulfide) groups is 1. The van der Waals surface area contributed by atoms with Crippen LogP contribution >= 0.6 is 23.1 Å². The first-order valence-electron chi connectivity index (χ1n) is 15.6. The normalized spacial score (nSPS) is 11.6. The standard InChI is InChI=1S/C38H36N4O7S2/c1-23(35(43)42-38-41-31(22-50-38)25-15-17-32(47-3)34(19-25)49-5)51-29-13-9-12-27(20-29)39-37(45)30(40-36(44)24-10-7-6-8-11-24)18-26-14-16-28(46-2)21-33(26)48-4/h6-23H,1-5H3,(H,39,45)(H,40,44)(H,41,42,43)/b30-18+. The van der Waals surface area contributed by atoms with Gasteiger partial charge in [-0.2, -0.15) is 0 Å². The topological polar surface area (TPSA) is 137 Å². The fourth-order valence-corrected chi connectivity index (χ4v) is 6.45. The number of hydrogen-bond acceptors (Lipinski definition) is 10. The highest BCUT2D eigenvalue weighted by Crippen LogP contribution is 2.34. The number of carbonyl (C=O) groups excluding carboxylic acids is 3. The number of aromatic nitrogens is 1. The minimum atomic E-state index is -0.556. The summed E-state index contributed by atoms with van der Waals surface area (Å²) in [6.07, 6.45) is 1.54. The van der Waals surface area contributed by atoms with Crippen LogP contribution in [0.4, 0.5) is 10.8 Å². The van der Waals surface area contributed by atoms with Crippen LogP contribution in [-0.2, 0) is 9.59 Å². The van der Waals surface area contributed by atoms with Gasteiger partial charge in [-0.3, -0.25) is 14.4 Å². The van der Waals surface area contributed by atoms with Crippen molar-refractivity contribution in [1.82, 2.24) is 10.3 Å². The van der Waals surface area contributed by atoms with E-state index in [0.717, 1.165) is 10.5 Å². The van der Waals surface area contributed by atoms with E-state index in [2.05, 4.69) is 20.9 Å². The highest BCUT2D eigenvalue weighted by molar-refractivity contribution is 8.00. The molecule has 11 nitrogen and oxygen atoms in total. The Bertz CT molecular complexity index is 2050. The van der Waals surface area contributed by atoms with Crippen molar-refractivity contribution >= 4 is 57.7 Å². The Morgan fingerprint density at radius 1 is 0.784 bits per heavy atom. The lowest BCUT2D eigenvalue weighted by molar-refractivity contribution is -0.115. The zero-order chi connectivity index (χ0) is 36.3. The second-order valence-electron chi connectivity index (χ2n) is 10.8. The number of rotatable bonds is 14.